The molecule has 2 aromatic carbocycles. The van der Waals surface area contributed by atoms with E-state index in [1.807, 2.05) is 18.2 Å². The number of nitrogens with one attached hydrogen (secondary N) is 1. The van der Waals surface area contributed by atoms with Gasteiger partial charge in [-0.25, -0.2) is 4.98 Å². The lowest BCUT2D eigenvalue weighted by atomic mass is 10.0. The molecule has 0 amide bonds. The average Bonchev–Trinajstić information content (AvgIpc) is 3.12. The predicted molar refractivity (Wildman–Crippen MR) is 121 cm³/mol. The van der Waals surface area contributed by atoms with E-state index in [1.54, 1.807) is 18.6 Å². The van der Waals surface area contributed by atoms with E-state index >= 15 is 0 Å². The Bertz CT molecular complexity index is 1340. The molecule has 0 fully saturated rings. The van der Waals surface area contributed by atoms with Crippen molar-refractivity contribution in [2.45, 2.75) is 6.54 Å². The first kappa shape index (κ1) is 17.8. The Kier molecular flexibility index (Phi) is 4.48. The number of rotatable bonds is 4. The first-order valence-corrected chi connectivity index (χ1v) is 10.1. The van der Waals surface area contributed by atoms with Gasteiger partial charge in [0.1, 0.15) is 4.60 Å². The molecule has 6 heteroatoms. The lowest BCUT2D eigenvalue weighted by molar-refractivity contribution is 0.969. The number of hydrogen-bond donors (Lipinski definition) is 1. The van der Waals surface area contributed by atoms with Crippen molar-refractivity contribution in [3.63, 3.8) is 0 Å². The van der Waals surface area contributed by atoms with E-state index in [2.05, 4.69) is 84.3 Å². The van der Waals surface area contributed by atoms with Crippen LogP contribution in [-0.2, 0) is 13.6 Å². The third-order valence-electron chi connectivity index (χ3n) is 5.06. The van der Waals surface area contributed by atoms with Crippen molar-refractivity contribution in [1.29, 1.82) is 0 Å². The van der Waals surface area contributed by atoms with Crippen molar-refractivity contribution in [3.8, 4) is 11.1 Å². The van der Waals surface area contributed by atoms with Crippen molar-refractivity contribution in [3.05, 3.63) is 83.5 Å². The summed E-state index contributed by atoms with van der Waals surface area (Å²) in [6, 6.07) is 16.9. The number of pyridine rings is 1. The van der Waals surface area contributed by atoms with Crippen molar-refractivity contribution in [2.24, 2.45) is 7.05 Å². The van der Waals surface area contributed by atoms with E-state index in [1.165, 1.54) is 10.9 Å². The maximum Gasteiger partial charge on any atom is 0.106 e. The summed E-state index contributed by atoms with van der Waals surface area (Å²) in [5, 5.41) is 4.74. The third kappa shape index (κ3) is 3.47. The van der Waals surface area contributed by atoms with Gasteiger partial charge in [-0.05, 0) is 68.8 Å². The first-order chi connectivity index (χ1) is 14.2. The molecule has 0 aliphatic carbocycles. The van der Waals surface area contributed by atoms with Crippen molar-refractivity contribution in [2.75, 3.05) is 5.32 Å². The summed E-state index contributed by atoms with van der Waals surface area (Å²) in [5.74, 6) is 0. The van der Waals surface area contributed by atoms with E-state index < -0.39 is 0 Å². The second-order valence-corrected chi connectivity index (χ2v) is 7.80. The fourth-order valence-corrected chi connectivity index (χ4v) is 4.00. The minimum atomic E-state index is 0.698. The van der Waals surface area contributed by atoms with Gasteiger partial charge in [-0.2, -0.15) is 0 Å². The molecule has 0 unspecified atom stereocenters. The zero-order chi connectivity index (χ0) is 19.8. The Morgan fingerprint density at radius 3 is 2.72 bits per heavy atom. The number of anilines is 1. The number of halogens is 1. The Labute approximate surface area is 176 Å². The highest BCUT2D eigenvalue weighted by molar-refractivity contribution is 9.10. The monoisotopic (exact) mass is 443 g/mol. The summed E-state index contributed by atoms with van der Waals surface area (Å²) >= 11 is 3.43. The molecule has 0 bridgehead atoms. The van der Waals surface area contributed by atoms with E-state index in [0.29, 0.717) is 6.54 Å². The minimum absolute atomic E-state index is 0.698. The van der Waals surface area contributed by atoms with Gasteiger partial charge in [0.15, 0.2) is 0 Å². The molecule has 5 rings (SSSR count). The molecule has 0 aliphatic heterocycles. The van der Waals surface area contributed by atoms with Crippen LogP contribution in [0.15, 0.2) is 77.9 Å². The van der Waals surface area contributed by atoms with E-state index in [9.17, 15) is 0 Å². The van der Waals surface area contributed by atoms with Crippen LogP contribution in [0.4, 0.5) is 5.69 Å². The van der Waals surface area contributed by atoms with Crippen molar-refractivity contribution >= 4 is 43.6 Å². The second kappa shape index (κ2) is 7.29. The fraction of sp³-hybridized carbons (Fsp3) is 0.0870. The Hall–Kier alpha value is -3.25. The van der Waals surface area contributed by atoms with E-state index in [0.717, 1.165) is 38.0 Å². The molecule has 0 saturated carbocycles. The van der Waals surface area contributed by atoms with Crippen LogP contribution in [-0.4, -0.2) is 19.5 Å². The number of aromatic nitrogens is 4. The molecule has 0 spiro atoms. The topological polar surface area (TPSA) is 55.6 Å². The van der Waals surface area contributed by atoms with E-state index in [4.69, 9.17) is 0 Å². The van der Waals surface area contributed by atoms with Crippen LogP contribution in [0.25, 0.3) is 33.1 Å². The summed E-state index contributed by atoms with van der Waals surface area (Å²) in [6.07, 6.45) is 7.36. The van der Waals surface area contributed by atoms with Crippen LogP contribution in [0, 0.1) is 0 Å². The summed E-state index contributed by atoms with van der Waals surface area (Å²) in [4.78, 5) is 13.3. The number of benzene rings is 2. The maximum atomic E-state index is 4.61. The van der Waals surface area contributed by atoms with Gasteiger partial charge in [-0.15, -0.1) is 0 Å². The molecular formula is C23H18BrN5. The number of nitrogens with zero attached hydrogens (tertiary/aromatic N) is 4. The highest BCUT2D eigenvalue weighted by atomic mass is 79.9. The summed E-state index contributed by atoms with van der Waals surface area (Å²) in [6.45, 7) is 0.698. The Morgan fingerprint density at radius 1 is 0.931 bits per heavy atom. The number of fused-ring (bicyclic) bond motifs is 2. The lowest BCUT2D eigenvalue weighted by Crippen LogP contribution is -2.01. The zero-order valence-electron chi connectivity index (χ0n) is 15.8. The van der Waals surface area contributed by atoms with Crippen LogP contribution < -0.4 is 5.32 Å². The van der Waals surface area contributed by atoms with Gasteiger partial charge in [-0.1, -0.05) is 12.1 Å². The van der Waals surface area contributed by atoms with Crippen LogP contribution in [0.1, 0.15) is 5.56 Å². The normalized spacial score (nSPS) is 11.2. The Balaban J connectivity index is 1.58. The smallest absolute Gasteiger partial charge is 0.106 e. The molecule has 3 aromatic heterocycles. The first-order valence-electron chi connectivity index (χ1n) is 9.32. The lowest BCUT2D eigenvalue weighted by Gasteiger charge is -2.12. The number of aryl methyl sites for hydroxylation is 1. The molecule has 29 heavy (non-hydrogen) atoms. The zero-order valence-corrected chi connectivity index (χ0v) is 17.4. The molecular weight excluding hydrogens is 426 g/mol. The molecule has 3 heterocycles. The van der Waals surface area contributed by atoms with Crippen LogP contribution >= 0.6 is 15.9 Å². The Morgan fingerprint density at radius 2 is 1.83 bits per heavy atom. The van der Waals surface area contributed by atoms with Gasteiger partial charge in [0.2, 0.25) is 0 Å². The number of hydrogen-bond acceptors (Lipinski definition) is 4. The van der Waals surface area contributed by atoms with Crippen LogP contribution in [0.2, 0.25) is 0 Å². The van der Waals surface area contributed by atoms with Gasteiger partial charge in [0.25, 0.3) is 0 Å². The molecule has 0 atom stereocenters. The van der Waals surface area contributed by atoms with Gasteiger partial charge in [-0.3, -0.25) is 9.97 Å². The molecule has 1 N–H and O–H groups in total. The quantitative estimate of drug-likeness (QED) is 0.369. The molecule has 0 saturated heterocycles. The summed E-state index contributed by atoms with van der Waals surface area (Å²) in [5.41, 5.74) is 7.32. The van der Waals surface area contributed by atoms with Crippen LogP contribution in [0.5, 0.6) is 0 Å². The summed E-state index contributed by atoms with van der Waals surface area (Å²) < 4.78 is 2.97. The largest absolute Gasteiger partial charge is 0.381 e. The SMILES string of the molecule is Cn1ccc2ccc(-c3cc(NCc4ccnc(Br)c4)cc4nccnc34)cc21. The van der Waals surface area contributed by atoms with Crippen molar-refractivity contribution < 1.29 is 0 Å². The second-order valence-electron chi connectivity index (χ2n) is 6.99. The maximum absolute atomic E-state index is 4.61. The molecule has 142 valence electrons. The highest BCUT2D eigenvalue weighted by Gasteiger charge is 2.10. The minimum Gasteiger partial charge on any atom is -0.381 e. The molecule has 0 aliphatic rings. The van der Waals surface area contributed by atoms with Gasteiger partial charge in [0, 0.05) is 55.1 Å². The fourth-order valence-electron chi connectivity index (χ4n) is 3.58. The average molecular weight is 444 g/mol. The molecule has 0 radical (unpaired) electrons. The van der Waals surface area contributed by atoms with Crippen molar-refractivity contribution in [1.82, 2.24) is 19.5 Å². The molecule has 5 nitrogen and oxygen atoms in total. The van der Waals surface area contributed by atoms with Crippen LogP contribution in [0.3, 0.4) is 0 Å². The van der Waals surface area contributed by atoms with E-state index in [-0.39, 0.29) is 0 Å². The summed E-state index contributed by atoms with van der Waals surface area (Å²) in [7, 11) is 2.06. The highest BCUT2D eigenvalue weighted by Crippen LogP contribution is 2.32. The standard InChI is InChI=1S/C23H18BrN5/c1-29-9-5-16-2-3-17(11-21(16)29)19-12-18(13-20-23(19)27-8-7-25-20)28-14-15-4-6-26-22(24)10-15/h2-13,28H,14H2,1H3. The predicted octanol–water partition coefficient (Wildman–Crippen LogP) is 5.56. The molecule has 5 aromatic rings. The van der Waals surface area contributed by atoms with Gasteiger partial charge >= 0.3 is 0 Å². The third-order valence-corrected chi connectivity index (χ3v) is 5.49. The van der Waals surface area contributed by atoms with Gasteiger partial charge < -0.3 is 9.88 Å². The van der Waals surface area contributed by atoms with Gasteiger partial charge in [0.05, 0.1) is 11.0 Å².